The number of benzene rings is 1. The highest BCUT2D eigenvalue weighted by molar-refractivity contribution is 9.10. The molecule has 0 saturated carbocycles. The maximum absolute atomic E-state index is 12.7. The van der Waals surface area contributed by atoms with Crippen LogP contribution in [0.5, 0.6) is 0 Å². The molecule has 136 valence electrons. The lowest BCUT2D eigenvalue weighted by molar-refractivity contribution is -0.148. The van der Waals surface area contributed by atoms with Crippen molar-refractivity contribution in [3.05, 3.63) is 35.4 Å². The number of alkyl halides is 4. The van der Waals surface area contributed by atoms with Crippen LogP contribution in [0.3, 0.4) is 0 Å². The van der Waals surface area contributed by atoms with Crippen LogP contribution in [0.2, 0.25) is 0 Å². The molecule has 1 aromatic rings. The van der Waals surface area contributed by atoms with Gasteiger partial charge in [-0.05, 0) is 25.0 Å². The fourth-order valence-corrected chi connectivity index (χ4v) is 3.26. The van der Waals surface area contributed by atoms with Crippen molar-refractivity contribution in [1.82, 2.24) is 4.90 Å². The van der Waals surface area contributed by atoms with Gasteiger partial charge in [0.2, 0.25) is 5.91 Å². The van der Waals surface area contributed by atoms with E-state index in [0.29, 0.717) is 12.8 Å². The zero-order valence-corrected chi connectivity index (χ0v) is 14.5. The van der Waals surface area contributed by atoms with Gasteiger partial charge >= 0.3 is 12.1 Å². The summed E-state index contributed by atoms with van der Waals surface area (Å²) < 4.78 is 38.2. The third-order valence-corrected chi connectivity index (χ3v) is 4.71. The van der Waals surface area contributed by atoms with E-state index in [9.17, 15) is 27.6 Å². The molecule has 1 amide bonds. The minimum atomic E-state index is -4.57. The number of nitrogens with zero attached hydrogens (tertiary/aromatic N) is 1. The summed E-state index contributed by atoms with van der Waals surface area (Å²) in [6, 6.07) is 3.03. The van der Waals surface area contributed by atoms with Gasteiger partial charge in [0, 0.05) is 18.5 Å². The van der Waals surface area contributed by atoms with Crippen molar-refractivity contribution in [1.29, 1.82) is 0 Å². The number of carboxylic acids is 1. The minimum absolute atomic E-state index is 0.166. The van der Waals surface area contributed by atoms with Gasteiger partial charge in [-0.15, -0.1) is 0 Å². The van der Waals surface area contributed by atoms with Gasteiger partial charge in [-0.1, -0.05) is 28.1 Å². The van der Waals surface area contributed by atoms with Gasteiger partial charge in [0.15, 0.2) is 5.78 Å². The molecular formula is C16H15BrF3NO4. The van der Waals surface area contributed by atoms with Crippen molar-refractivity contribution in [2.75, 3.05) is 6.54 Å². The fraction of sp³-hybridized carbons (Fsp3) is 0.438. The average molecular weight is 422 g/mol. The first-order valence-electron chi connectivity index (χ1n) is 7.49. The standard InChI is InChI=1S/C16H15BrF3NO4/c17-11(8-13(22)21-6-2-5-12(21)15(24)25)14(23)9-3-1-4-10(7-9)16(18,19)20/h1,3-4,7,11-12H,2,5-6,8H2,(H,24,25)/t11?,12-/m0/s1. The molecule has 0 radical (unpaired) electrons. The number of Topliss-reactive ketones (excluding diaryl/α,β-unsaturated/α-hetero) is 1. The van der Waals surface area contributed by atoms with E-state index in [1.165, 1.54) is 11.0 Å². The molecule has 2 atom stereocenters. The third-order valence-electron chi connectivity index (χ3n) is 3.97. The Hall–Kier alpha value is -1.90. The Bertz CT molecular complexity index is 692. The van der Waals surface area contributed by atoms with Gasteiger partial charge in [0.1, 0.15) is 6.04 Å². The number of halogens is 4. The van der Waals surface area contributed by atoms with Crippen molar-refractivity contribution in [2.24, 2.45) is 0 Å². The molecule has 2 rings (SSSR count). The van der Waals surface area contributed by atoms with Crippen molar-refractivity contribution < 1.29 is 32.7 Å². The average Bonchev–Trinajstić information content (AvgIpc) is 3.03. The van der Waals surface area contributed by atoms with Crippen molar-refractivity contribution in [3.8, 4) is 0 Å². The summed E-state index contributed by atoms with van der Waals surface area (Å²) in [5, 5.41) is 9.08. The summed E-state index contributed by atoms with van der Waals surface area (Å²) in [6.07, 6.45) is -4.00. The Morgan fingerprint density at radius 1 is 1.32 bits per heavy atom. The molecule has 0 spiro atoms. The summed E-state index contributed by atoms with van der Waals surface area (Å²) in [5.74, 6) is -2.29. The summed E-state index contributed by atoms with van der Waals surface area (Å²) in [7, 11) is 0. The predicted octanol–water partition coefficient (Wildman–Crippen LogP) is 3.12. The van der Waals surface area contributed by atoms with Crippen LogP contribution in [-0.4, -0.2) is 45.1 Å². The SMILES string of the molecule is O=C(c1cccc(C(F)(F)F)c1)C(Br)CC(=O)N1CCC[C@H]1C(=O)O. The highest BCUT2D eigenvalue weighted by Gasteiger charge is 2.36. The van der Waals surface area contributed by atoms with E-state index in [0.717, 1.165) is 18.2 Å². The highest BCUT2D eigenvalue weighted by Crippen LogP contribution is 2.30. The first-order chi connectivity index (χ1) is 11.6. The van der Waals surface area contributed by atoms with Crippen LogP contribution in [0.25, 0.3) is 0 Å². The number of aliphatic carboxylic acids is 1. The molecule has 1 aliphatic rings. The molecule has 0 aliphatic carbocycles. The van der Waals surface area contributed by atoms with Gasteiger partial charge < -0.3 is 10.0 Å². The van der Waals surface area contributed by atoms with Crippen LogP contribution in [0.1, 0.15) is 35.2 Å². The van der Waals surface area contributed by atoms with Gasteiger partial charge in [-0.3, -0.25) is 9.59 Å². The van der Waals surface area contributed by atoms with Crippen LogP contribution in [-0.2, 0) is 15.8 Å². The summed E-state index contributed by atoms with van der Waals surface area (Å²) in [5.41, 5.74) is -1.12. The summed E-state index contributed by atoms with van der Waals surface area (Å²) >= 11 is 3.03. The Labute approximate surface area is 149 Å². The Morgan fingerprint density at radius 2 is 2.00 bits per heavy atom. The van der Waals surface area contributed by atoms with Crippen LogP contribution < -0.4 is 0 Å². The monoisotopic (exact) mass is 421 g/mol. The Morgan fingerprint density at radius 3 is 2.60 bits per heavy atom. The molecule has 0 aromatic heterocycles. The lowest BCUT2D eigenvalue weighted by Crippen LogP contribution is -2.41. The molecule has 1 fully saturated rings. The Balaban J connectivity index is 2.08. The number of carbonyl (C=O) groups excluding carboxylic acids is 2. The Kier molecular flexibility index (Phi) is 5.87. The molecule has 1 saturated heterocycles. The van der Waals surface area contributed by atoms with Crippen molar-refractivity contribution >= 4 is 33.6 Å². The summed E-state index contributed by atoms with van der Waals surface area (Å²) in [4.78, 5) is 35.8. The predicted molar refractivity (Wildman–Crippen MR) is 85.5 cm³/mol. The lowest BCUT2D eigenvalue weighted by Gasteiger charge is -2.22. The molecule has 0 bridgehead atoms. The molecule has 1 aromatic carbocycles. The zero-order chi connectivity index (χ0) is 18.8. The molecule has 1 unspecified atom stereocenters. The normalized spacial score (nSPS) is 18.9. The molecule has 5 nitrogen and oxygen atoms in total. The third kappa shape index (κ3) is 4.59. The number of carbonyl (C=O) groups is 3. The molecule has 9 heteroatoms. The first-order valence-corrected chi connectivity index (χ1v) is 8.40. The highest BCUT2D eigenvalue weighted by atomic mass is 79.9. The van der Waals surface area contributed by atoms with Crippen molar-refractivity contribution in [2.45, 2.75) is 36.3 Å². The smallest absolute Gasteiger partial charge is 0.416 e. The van der Waals surface area contributed by atoms with E-state index in [-0.39, 0.29) is 18.5 Å². The quantitative estimate of drug-likeness (QED) is 0.585. The number of rotatable bonds is 5. The molecule has 1 aliphatic heterocycles. The molecule has 1 N–H and O–H groups in total. The second kappa shape index (κ2) is 7.55. The van der Waals surface area contributed by atoms with Gasteiger partial charge in [-0.25, -0.2) is 4.79 Å². The van der Waals surface area contributed by atoms with E-state index in [4.69, 9.17) is 5.11 Å². The largest absolute Gasteiger partial charge is 0.480 e. The van der Waals surface area contributed by atoms with E-state index in [1.807, 2.05) is 0 Å². The van der Waals surface area contributed by atoms with E-state index < -0.39 is 40.3 Å². The maximum Gasteiger partial charge on any atom is 0.416 e. The second-order valence-electron chi connectivity index (χ2n) is 5.70. The second-order valence-corrected chi connectivity index (χ2v) is 6.80. The fourth-order valence-electron chi connectivity index (χ4n) is 2.71. The number of likely N-dealkylation sites (tertiary alicyclic amines) is 1. The number of carboxylic acid groups (broad SMARTS) is 1. The van der Waals surface area contributed by atoms with E-state index >= 15 is 0 Å². The topological polar surface area (TPSA) is 74.7 Å². The zero-order valence-electron chi connectivity index (χ0n) is 12.9. The van der Waals surface area contributed by atoms with Crippen molar-refractivity contribution in [3.63, 3.8) is 0 Å². The van der Waals surface area contributed by atoms with Crippen LogP contribution >= 0.6 is 15.9 Å². The van der Waals surface area contributed by atoms with Crippen LogP contribution in [0.15, 0.2) is 24.3 Å². The number of amides is 1. The number of hydrogen-bond acceptors (Lipinski definition) is 3. The van der Waals surface area contributed by atoms with Crippen LogP contribution in [0, 0.1) is 0 Å². The van der Waals surface area contributed by atoms with Crippen LogP contribution in [0.4, 0.5) is 13.2 Å². The van der Waals surface area contributed by atoms with Gasteiger partial charge in [-0.2, -0.15) is 13.2 Å². The molecule has 1 heterocycles. The maximum atomic E-state index is 12.7. The first kappa shape index (κ1) is 19.4. The van der Waals surface area contributed by atoms with E-state index in [1.54, 1.807) is 0 Å². The molecule has 25 heavy (non-hydrogen) atoms. The van der Waals surface area contributed by atoms with Gasteiger partial charge in [0.25, 0.3) is 0 Å². The minimum Gasteiger partial charge on any atom is -0.480 e. The van der Waals surface area contributed by atoms with Gasteiger partial charge in [0.05, 0.1) is 10.4 Å². The molecular weight excluding hydrogens is 407 g/mol. The van der Waals surface area contributed by atoms with E-state index in [2.05, 4.69) is 15.9 Å². The number of ketones is 1. The number of hydrogen-bond donors (Lipinski definition) is 1. The summed E-state index contributed by atoms with van der Waals surface area (Å²) in [6.45, 7) is 0.285. The lowest BCUT2D eigenvalue weighted by atomic mass is 10.0.